The molecule has 0 heterocycles. The number of aromatic carboxylic acids is 1. The highest BCUT2D eigenvalue weighted by molar-refractivity contribution is 5.87. The molecule has 1 aromatic rings. The highest BCUT2D eigenvalue weighted by atomic mass is 16.4. The van der Waals surface area contributed by atoms with Crippen LogP contribution in [-0.2, 0) is 11.3 Å². The van der Waals surface area contributed by atoms with E-state index in [0.717, 1.165) is 12.0 Å². The molecular weight excluding hydrogens is 254 g/mol. The van der Waals surface area contributed by atoms with Crippen LogP contribution >= 0.6 is 0 Å². The number of carboxylic acids is 1. The first kappa shape index (κ1) is 16.2. The largest absolute Gasteiger partial charge is 0.478 e. The molecule has 0 aliphatic heterocycles. The van der Waals surface area contributed by atoms with Gasteiger partial charge in [0, 0.05) is 13.0 Å². The molecule has 20 heavy (non-hydrogen) atoms. The summed E-state index contributed by atoms with van der Waals surface area (Å²) in [5, 5.41) is 11.7. The zero-order valence-electron chi connectivity index (χ0n) is 12.3. The molecule has 0 radical (unpaired) electrons. The van der Waals surface area contributed by atoms with Gasteiger partial charge in [-0.2, -0.15) is 0 Å². The molecule has 1 aromatic carbocycles. The van der Waals surface area contributed by atoms with Crippen LogP contribution in [0.25, 0.3) is 0 Å². The predicted octanol–water partition coefficient (Wildman–Crippen LogP) is 3.07. The van der Waals surface area contributed by atoms with Gasteiger partial charge in [-0.3, -0.25) is 4.79 Å². The zero-order chi connectivity index (χ0) is 15.1. The lowest BCUT2D eigenvalue weighted by Crippen LogP contribution is -2.24. The van der Waals surface area contributed by atoms with Crippen LogP contribution in [0.4, 0.5) is 0 Å². The molecule has 0 saturated carbocycles. The molecule has 2 N–H and O–H groups in total. The van der Waals surface area contributed by atoms with Crippen molar-refractivity contribution >= 4 is 11.9 Å². The van der Waals surface area contributed by atoms with Gasteiger partial charge in [-0.15, -0.1) is 0 Å². The number of carboxylic acid groups (broad SMARTS) is 1. The van der Waals surface area contributed by atoms with Crippen molar-refractivity contribution < 1.29 is 14.7 Å². The Balaban J connectivity index is 2.39. The second-order valence-corrected chi connectivity index (χ2v) is 5.72. The summed E-state index contributed by atoms with van der Waals surface area (Å²) in [6, 6.07) is 6.54. The van der Waals surface area contributed by atoms with Gasteiger partial charge in [0.25, 0.3) is 0 Å². The minimum Gasteiger partial charge on any atom is -0.478 e. The number of nitrogens with one attached hydrogen (secondary N) is 1. The highest BCUT2D eigenvalue weighted by Gasteiger charge is 2.10. The van der Waals surface area contributed by atoms with E-state index in [-0.39, 0.29) is 11.5 Å². The van der Waals surface area contributed by atoms with Crippen LogP contribution in [0.2, 0.25) is 0 Å². The minimum absolute atomic E-state index is 0.0421. The van der Waals surface area contributed by atoms with Gasteiger partial charge in [-0.05, 0) is 36.0 Å². The average molecular weight is 277 g/mol. The maximum absolute atomic E-state index is 11.8. The minimum atomic E-state index is -0.942. The van der Waals surface area contributed by atoms with Crippen LogP contribution in [-0.4, -0.2) is 17.0 Å². The van der Waals surface area contributed by atoms with Crippen molar-refractivity contribution in [3.8, 4) is 0 Å². The van der Waals surface area contributed by atoms with Crippen LogP contribution in [0.5, 0.6) is 0 Å². The van der Waals surface area contributed by atoms with Gasteiger partial charge in [-0.1, -0.05) is 32.9 Å². The van der Waals surface area contributed by atoms with Crippen molar-refractivity contribution in [1.82, 2.24) is 5.32 Å². The van der Waals surface area contributed by atoms with Crippen molar-refractivity contribution in [2.45, 2.75) is 40.2 Å². The summed E-state index contributed by atoms with van der Waals surface area (Å²) in [4.78, 5) is 22.5. The number of amides is 1. The number of carbonyl (C=O) groups is 2. The molecule has 0 fully saturated rings. The fourth-order valence-corrected chi connectivity index (χ4v) is 2.24. The van der Waals surface area contributed by atoms with E-state index < -0.39 is 5.97 Å². The molecule has 1 amide bonds. The van der Waals surface area contributed by atoms with Gasteiger partial charge in [0.15, 0.2) is 0 Å². The van der Waals surface area contributed by atoms with E-state index in [4.69, 9.17) is 5.11 Å². The zero-order valence-corrected chi connectivity index (χ0v) is 12.3. The first-order chi connectivity index (χ1) is 9.38. The fraction of sp³-hybridized carbons (Fsp3) is 0.500. The van der Waals surface area contributed by atoms with E-state index in [2.05, 4.69) is 26.1 Å². The Morgan fingerprint density at radius 1 is 1.15 bits per heavy atom. The Hall–Kier alpha value is -1.84. The normalized spacial score (nSPS) is 12.2. The van der Waals surface area contributed by atoms with Crippen LogP contribution in [0.1, 0.15) is 49.5 Å². The smallest absolute Gasteiger partial charge is 0.335 e. The Morgan fingerprint density at radius 2 is 1.75 bits per heavy atom. The lowest BCUT2D eigenvalue weighted by molar-refractivity contribution is -0.122. The van der Waals surface area contributed by atoms with Crippen LogP contribution < -0.4 is 5.32 Å². The van der Waals surface area contributed by atoms with Crippen LogP contribution in [0.15, 0.2) is 24.3 Å². The summed E-state index contributed by atoms with van der Waals surface area (Å²) >= 11 is 0. The second-order valence-electron chi connectivity index (χ2n) is 5.72. The number of benzene rings is 1. The van der Waals surface area contributed by atoms with Crippen molar-refractivity contribution in [3.05, 3.63) is 35.4 Å². The summed E-state index contributed by atoms with van der Waals surface area (Å²) in [5.74, 6) is 0.0781. The Morgan fingerprint density at radius 3 is 2.25 bits per heavy atom. The van der Waals surface area contributed by atoms with Gasteiger partial charge < -0.3 is 10.4 Å². The van der Waals surface area contributed by atoms with Crippen LogP contribution in [0, 0.1) is 11.8 Å². The highest BCUT2D eigenvalue weighted by Crippen LogP contribution is 2.14. The first-order valence-corrected chi connectivity index (χ1v) is 6.97. The van der Waals surface area contributed by atoms with Gasteiger partial charge >= 0.3 is 5.97 Å². The van der Waals surface area contributed by atoms with E-state index in [9.17, 15) is 9.59 Å². The van der Waals surface area contributed by atoms with E-state index in [1.165, 1.54) is 0 Å². The first-order valence-electron chi connectivity index (χ1n) is 6.97. The molecule has 0 aromatic heterocycles. The lowest BCUT2D eigenvalue weighted by atomic mass is 9.96. The predicted molar refractivity (Wildman–Crippen MR) is 78.5 cm³/mol. The average Bonchev–Trinajstić information content (AvgIpc) is 2.35. The number of hydrogen-bond acceptors (Lipinski definition) is 2. The Kier molecular flexibility index (Phi) is 6.22. The summed E-state index contributed by atoms with van der Waals surface area (Å²) in [6.07, 6.45) is 1.58. The fourth-order valence-electron chi connectivity index (χ4n) is 2.24. The van der Waals surface area contributed by atoms with Gasteiger partial charge in [0.05, 0.1) is 5.56 Å². The van der Waals surface area contributed by atoms with Crippen molar-refractivity contribution in [2.75, 3.05) is 0 Å². The number of hydrogen-bond donors (Lipinski definition) is 2. The monoisotopic (exact) mass is 277 g/mol. The summed E-state index contributed by atoms with van der Waals surface area (Å²) in [5.41, 5.74) is 1.16. The second kappa shape index (κ2) is 7.68. The summed E-state index contributed by atoms with van der Waals surface area (Å²) in [7, 11) is 0. The third kappa shape index (κ3) is 5.87. The standard InChI is InChI=1S/C16H23NO3/c1-11(2)8-12(3)9-15(18)17-10-13-4-6-14(7-5-13)16(19)20/h4-7,11-12H,8-10H2,1-3H3,(H,17,18)(H,19,20). The Bertz CT molecular complexity index is 451. The maximum Gasteiger partial charge on any atom is 0.335 e. The number of carbonyl (C=O) groups excluding carboxylic acids is 1. The van der Waals surface area contributed by atoms with Crippen molar-refractivity contribution in [1.29, 1.82) is 0 Å². The van der Waals surface area contributed by atoms with Gasteiger partial charge in [0.1, 0.15) is 0 Å². The molecule has 4 nitrogen and oxygen atoms in total. The SMILES string of the molecule is CC(C)CC(C)CC(=O)NCc1ccc(C(=O)O)cc1. The molecule has 1 unspecified atom stereocenters. The molecule has 0 saturated heterocycles. The van der Waals surface area contributed by atoms with Gasteiger partial charge in [-0.25, -0.2) is 4.79 Å². The van der Waals surface area contributed by atoms with E-state index in [1.807, 2.05) is 0 Å². The molecule has 1 rings (SSSR count). The third-order valence-electron chi connectivity index (χ3n) is 3.10. The lowest BCUT2D eigenvalue weighted by Gasteiger charge is -2.13. The van der Waals surface area contributed by atoms with Crippen LogP contribution in [0.3, 0.4) is 0 Å². The summed E-state index contributed by atoms with van der Waals surface area (Å²) < 4.78 is 0. The maximum atomic E-state index is 11.8. The molecule has 0 spiro atoms. The molecule has 0 aliphatic carbocycles. The summed E-state index contributed by atoms with van der Waals surface area (Å²) in [6.45, 7) is 6.82. The van der Waals surface area contributed by atoms with Crippen molar-refractivity contribution in [2.24, 2.45) is 11.8 Å². The Labute approximate surface area is 120 Å². The van der Waals surface area contributed by atoms with E-state index in [0.29, 0.717) is 24.8 Å². The molecular formula is C16H23NO3. The molecule has 110 valence electrons. The van der Waals surface area contributed by atoms with E-state index >= 15 is 0 Å². The third-order valence-corrected chi connectivity index (χ3v) is 3.10. The molecule has 0 bridgehead atoms. The molecule has 0 aliphatic rings. The topological polar surface area (TPSA) is 66.4 Å². The molecule has 1 atom stereocenters. The quantitative estimate of drug-likeness (QED) is 0.805. The van der Waals surface area contributed by atoms with Crippen molar-refractivity contribution in [3.63, 3.8) is 0 Å². The number of rotatable bonds is 7. The molecule has 4 heteroatoms. The van der Waals surface area contributed by atoms with E-state index in [1.54, 1.807) is 24.3 Å². The van der Waals surface area contributed by atoms with Gasteiger partial charge in [0.2, 0.25) is 5.91 Å².